The summed E-state index contributed by atoms with van der Waals surface area (Å²) in [7, 11) is 1.91. The number of hydrogen-bond donors (Lipinski definition) is 1. The van der Waals surface area contributed by atoms with Crippen LogP contribution in [0.25, 0.3) is 0 Å². The maximum absolute atomic E-state index is 12.7. The van der Waals surface area contributed by atoms with Gasteiger partial charge in [0.05, 0.1) is 30.0 Å². The number of aromatic nitrogens is 2. The monoisotopic (exact) mass is 317 g/mol. The molecular formula is C17H23N3O3. The number of carbonyl (C=O) groups is 1. The van der Waals surface area contributed by atoms with Crippen molar-refractivity contribution in [3.8, 4) is 0 Å². The molecule has 1 N–H and O–H groups in total. The van der Waals surface area contributed by atoms with Crippen molar-refractivity contribution in [3.05, 3.63) is 41.1 Å². The van der Waals surface area contributed by atoms with E-state index in [1.54, 1.807) is 6.26 Å². The van der Waals surface area contributed by atoms with Gasteiger partial charge in [-0.1, -0.05) is 0 Å². The van der Waals surface area contributed by atoms with Crippen LogP contribution in [-0.2, 0) is 16.6 Å². The van der Waals surface area contributed by atoms with Crippen molar-refractivity contribution in [1.29, 1.82) is 0 Å². The van der Waals surface area contributed by atoms with Crippen LogP contribution in [0.3, 0.4) is 0 Å². The normalized spacial score (nSPS) is 22.3. The minimum Gasteiger partial charge on any atom is -0.467 e. The summed E-state index contributed by atoms with van der Waals surface area (Å²) in [6.45, 7) is 6.48. The number of aryl methyl sites for hydroxylation is 2. The summed E-state index contributed by atoms with van der Waals surface area (Å²) in [4.78, 5) is 12.7. The Morgan fingerprint density at radius 3 is 2.87 bits per heavy atom. The first-order valence-electron chi connectivity index (χ1n) is 7.94. The minimum atomic E-state index is -0.229. The summed E-state index contributed by atoms with van der Waals surface area (Å²) in [5.41, 5.74) is 3.01. The molecule has 0 bridgehead atoms. The van der Waals surface area contributed by atoms with E-state index in [1.165, 1.54) is 0 Å². The average molecular weight is 317 g/mol. The van der Waals surface area contributed by atoms with Crippen molar-refractivity contribution in [3.63, 3.8) is 0 Å². The van der Waals surface area contributed by atoms with E-state index >= 15 is 0 Å². The Kier molecular flexibility index (Phi) is 4.26. The maximum atomic E-state index is 12.7. The highest BCUT2D eigenvalue weighted by Crippen LogP contribution is 2.38. The van der Waals surface area contributed by atoms with Gasteiger partial charge in [-0.05, 0) is 39.3 Å². The zero-order valence-corrected chi connectivity index (χ0v) is 14.0. The van der Waals surface area contributed by atoms with Gasteiger partial charge in [-0.2, -0.15) is 5.10 Å². The van der Waals surface area contributed by atoms with Gasteiger partial charge >= 0.3 is 0 Å². The first-order chi connectivity index (χ1) is 11.0. The number of nitrogens with one attached hydrogen (secondary N) is 1. The second kappa shape index (κ2) is 6.20. The average Bonchev–Trinajstić information content (AvgIpc) is 3.21. The van der Waals surface area contributed by atoms with Gasteiger partial charge in [0.25, 0.3) is 0 Å². The fourth-order valence-corrected chi connectivity index (χ4v) is 3.27. The van der Waals surface area contributed by atoms with Crippen LogP contribution in [0.4, 0.5) is 0 Å². The largest absolute Gasteiger partial charge is 0.467 e. The number of carbonyl (C=O) groups excluding carboxylic acids is 1. The van der Waals surface area contributed by atoms with E-state index in [1.807, 2.05) is 44.6 Å². The second-order valence-electron chi connectivity index (χ2n) is 6.14. The Labute approximate surface area is 135 Å². The van der Waals surface area contributed by atoms with Crippen LogP contribution < -0.4 is 5.32 Å². The SMILES string of the molecule is Cc1nn(C)c(C)c1[C@H]1OCC[C@@H]1C(=O)N[C@@H](C)c1ccco1. The van der Waals surface area contributed by atoms with Crippen molar-refractivity contribution in [1.82, 2.24) is 15.1 Å². The molecular weight excluding hydrogens is 294 g/mol. The lowest BCUT2D eigenvalue weighted by Gasteiger charge is -2.21. The Hall–Kier alpha value is -2.08. The molecule has 0 aliphatic carbocycles. The Bertz CT molecular complexity index is 690. The lowest BCUT2D eigenvalue weighted by atomic mass is 9.93. The van der Waals surface area contributed by atoms with Crippen LogP contribution in [0.1, 0.15) is 48.2 Å². The number of furan rings is 1. The minimum absolute atomic E-state index is 0.000877. The molecule has 2 aromatic rings. The molecule has 2 aromatic heterocycles. The van der Waals surface area contributed by atoms with Gasteiger partial charge in [0.2, 0.25) is 5.91 Å². The van der Waals surface area contributed by atoms with Crippen LogP contribution in [0.5, 0.6) is 0 Å². The molecule has 1 aliphatic heterocycles. The fourth-order valence-electron chi connectivity index (χ4n) is 3.27. The summed E-state index contributed by atoms with van der Waals surface area (Å²) in [5.74, 6) is 0.551. The van der Waals surface area contributed by atoms with Crippen LogP contribution in [-0.4, -0.2) is 22.3 Å². The van der Waals surface area contributed by atoms with Gasteiger partial charge in [0.1, 0.15) is 5.76 Å². The van der Waals surface area contributed by atoms with Crippen LogP contribution in [0, 0.1) is 19.8 Å². The van der Waals surface area contributed by atoms with Gasteiger partial charge in [0, 0.05) is 24.9 Å². The lowest BCUT2D eigenvalue weighted by molar-refractivity contribution is -0.127. The molecule has 124 valence electrons. The van der Waals surface area contributed by atoms with Crippen molar-refractivity contribution in [2.45, 2.75) is 39.3 Å². The number of rotatable bonds is 4. The molecule has 0 aromatic carbocycles. The lowest BCUT2D eigenvalue weighted by Crippen LogP contribution is -2.34. The molecule has 3 heterocycles. The molecule has 1 aliphatic rings. The second-order valence-corrected chi connectivity index (χ2v) is 6.14. The molecule has 0 saturated carbocycles. The van der Waals surface area contributed by atoms with E-state index in [4.69, 9.17) is 9.15 Å². The van der Waals surface area contributed by atoms with Crippen molar-refractivity contribution < 1.29 is 13.9 Å². The van der Waals surface area contributed by atoms with Gasteiger partial charge < -0.3 is 14.5 Å². The summed E-state index contributed by atoms with van der Waals surface area (Å²) in [6.07, 6.45) is 2.10. The van der Waals surface area contributed by atoms with Crippen molar-refractivity contribution in [2.24, 2.45) is 13.0 Å². The standard InChI is InChI=1S/C17H23N3O3/c1-10(14-6-5-8-22-14)18-17(21)13-7-9-23-16(13)15-11(2)19-20(4)12(15)3/h5-6,8,10,13,16H,7,9H2,1-4H3,(H,18,21)/t10-,13-,16-/m0/s1. The Balaban J connectivity index is 1.77. The quantitative estimate of drug-likeness (QED) is 0.941. The smallest absolute Gasteiger partial charge is 0.226 e. The number of ether oxygens (including phenoxy) is 1. The van der Waals surface area contributed by atoms with E-state index in [-0.39, 0.29) is 24.0 Å². The van der Waals surface area contributed by atoms with E-state index in [2.05, 4.69) is 10.4 Å². The molecule has 0 radical (unpaired) electrons. The summed E-state index contributed by atoms with van der Waals surface area (Å²) >= 11 is 0. The third kappa shape index (κ3) is 2.91. The first kappa shape index (κ1) is 15.8. The molecule has 0 unspecified atom stereocenters. The first-order valence-corrected chi connectivity index (χ1v) is 7.94. The third-order valence-corrected chi connectivity index (χ3v) is 4.61. The highest BCUT2D eigenvalue weighted by Gasteiger charge is 2.38. The van der Waals surface area contributed by atoms with Gasteiger partial charge in [-0.3, -0.25) is 9.48 Å². The van der Waals surface area contributed by atoms with Gasteiger partial charge in [-0.15, -0.1) is 0 Å². The van der Waals surface area contributed by atoms with Crippen LogP contribution in [0.2, 0.25) is 0 Å². The molecule has 6 nitrogen and oxygen atoms in total. The van der Waals surface area contributed by atoms with Crippen molar-refractivity contribution in [2.75, 3.05) is 6.61 Å². The highest BCUT2D eigenvalue weighted by molar-refractivity contribution is 5.80. The molecule has 3 atom stereocenters. The Morgan fingerprint density at radius 1 is 1.48 bits per heavy atom. The van der Waals surface area contributed by atoms with E-state index in [9.17, 15) is 4.79 Å². The van der Waals surface area contributed by atoms with Crippen LogP contribution >= 0.6 is 0 Å². The van der Waals surface area contributed by atoms with E-state index < -0.39 is 0 Å². The molecule has 1 amide bonds. The molecule has 1 fully saturated rings. The van der Waals surface area contributed by atoms with Crippen LogP contribution in [0.15, 0.2) is 22.8 Å². The molecule has 1 saturated heterocycles. The maximum Gasteiger partial charge on any atom is 0.226 e. The fraction of sp³-hybridized carbons (Fsp3) is 0.529. The summed E-state index contributed by atoms with van der Waals surface area (Å²) in [5, 5.41) is 7.47. The highest BCUT2D eigenvalue weighted by atomic mass is 16.5. The predicted molar refractivity (Wildman–Crippen MR) is 84.7 cm³/mol. The number of hydrogen-bond acceptors (Lipinski definition) is 4. The molecule has 23 heavy (non-hydrogen) atoms. The predicted octanol–water partition coefficient (Wildman–Crippen LogP) is 2.58. The topological polar surface area (TPSA) is 69.3 Å². The van der Waals surface area contributed by atoms with E-state index in [0.29, 0.717) is 6.61 Å². The van der Waals surface area contributed by atoms with Crippen molar-refractivity contribution >= 4 is 5.91 Å². The zero-order chi connectivity index (χ0) is 16.6. The van der Waals surface area contributed by atoms with Gasteiger partial charge in [-0.25, -0.2) is 0 Å². The Morgan fingerprint density at radius 2 is 2.26 bits per heavy atom. The zero-order valence-electron chi connectivity index (χ0n) is 14.0. The molecule has 3 rings (SSSR count). The van der Waals surface area contributed by atoms with Gasteiger partial charge in [0.15, 0.2) is 0 Å². The third-order valence-electron chi connectivity index (χ3n) is 4.61. The molecule has 0 spiro atoms. The number of nitrogens with zero attached hydrogens (tertiary/aromatic N) is 2. The summed E-state index contributed by atoms with van der Waals surface area (Å²) in [6, 6.07) is 3.53. The number of amides is 1. The summed E-state index contributed by atoms with van der Waals surface area (Å²) < 4.78 is 13.1. The molecule has 6 heteroatoms. The van der Waals surface area contributed by atoms with E-state index in [0.717, 1.165) is 29.1 Å².